The van der Waals surface area contributed by atoms with Gasteiger partial charge >= 0.3 is 6.55 Å². The molecule has 2 N–H and O–H groups in total. The molecule has 0 saturated heterocycles. The Morgan fingerprint density at radius 1 is 0.895 bits per heavy atom. The molecular weight excluding hydrogens is 507 g/mol. The zero-order chi connectivity index (χ0) is 27.0. The van der Waals surface area contributed by atoms with Crippen molar-refractivity contribution in [2.24, 2.45) is 0 Å². The highest BCUT2D eigenvalue weighted by atomic mass is 19.3. The van der Waals surface area contributed by atoms with E-state index in [0.29, 0.717) is 11.1 Å². The van der Waals surface area contributed by atoms with Crippen LogP contribution in [0.3, 0.4) is 0 Å². The van der Waals surface area contributed by atoms with Gasteiger partial charge in [-0.05, 0) is 61.0 Å². The lowest BCUT2D eigenvalue weighted by molar-refractivity contribution is 0.0675. The molecule has 2 aromatic carbocycles. The third-order valence-electron chi connectivity index (χ3n) is 5.70. The van der Waals surface area contributed by atoms with Crippen LogP contribution < -0.4 is 10.5 Å². The maximum absolute atomic E-state index is 13.9. The van der Waals surface area contributed by atoms with Crippen molar-refractivity contribution in [1.29, 1.82) is 0 Å². The number of rotatable bonds is 7. The van der Waals surface area contributed by atoms with Gasteiger partial charge in [-0.1, -0.05) is 12.1 Å². The Bertz CT molecular complexity index is 1620. The second kappa shape index (κ2) is 10.0. The first-order valence-electron chi connectivity index (χ1n) is 11.3. The average Bonchev–Trinajstić information content (AvgIpc) is 3.26. The number of halogens is 5. The number of hydrogen-bond donors (Lipinski definition) is 1. The van der Waals surface area contributed by atoms with Crippen LogP contribution in [-0.4, -0.2) is 24.5 Å². The van der Waals surface area contributed by atoms with Crippen molar-refractivity contribution >= 4 is 17.0 Å². The molecule has 0 amide bonds. The fourth-order valence-corrected chi connectivity index (χ4v) is 4.14. The highest BCUT2D eigenvalue weighted by Crippen LogP contribution is 2.39. The third kappa shape index (κ3) is 4.84. The average molecular weight is 526 g/mol. The van der Waals surface area contributed by atoms with Gasteiger partial charge in [0, 0.05) is 11.3 Å². The van der Waals surface area contributed by atoms with Crippen molar-refractivity contribution in [3.05, 3.63) is 83.7 Å². The van der Waals surface area contributed by atoms with E-state index in [-0.39, 0.29) is 45.7 Å². The van der Waals surface area contributed by atoms with Crippen molar-refractivity contribution < 1.29 is 26.7 Å². The van der Waals surface area contributed by atoms with Crippen LogP contribution in [0.15, 0.2) is 60.7 Å². The monoisotopic (exact) mass is 526 g/mol. The first kappa shape index (κ1) is 25.1. The number of anilines is 1. The lowest BCUT2D eigenvalue weighted by Gasteiger charge is -2.17. The predicted octanol–water partition coefficient (Wildman–Crippen LogP) is 6.50. The summed E-state index contributed by atoms with van der Waals surface area (Å²) < 4.78 is 75.3. The summed E-state index contributed by atoms with van der Waals surface area (Å²) in [5.41, 5.74) is 7.22. The van der Waals surface area contributed by atoms with E-state index in [0.717, 1.165) is 10.6 Å². The summed E-state index contributed by atoms with van der Waals surface area (Å²) >= 11 is 0. The van der Waals surface area contributed by atoms with E-state index in [4.69, 9.17) is 10.5 Å². The number of nitrogens with two attached hydrogens (primary N) is 1. The zero-order valence-electron chi connectivity index (χ0n) is 19.7. The molecule has 0 aliphatic heterocycles. The minimum atomic E-state index is -2.90. The van der Waals surface area contributed by atoms with Crippen LogP contribution in [0.4, 0.5) is 27.9 Å². The molecule has 3 aromatic heterocycles. The highest BCUT2D eigenvalue weighted by Gasteiger charge is 2.23. The quantitative estimate of drug-likeness (QED) is 0.244. The van der Waals surface area contributed by atoms with Gasteiger partial charge in [0.25, 0.3) is 6.43 Å². The number of pyridine rings is 1. The number of aromatic nitrogens is 5. The molecule has 0 atom stereocenters. The minimum Gasteiger partial charge on any atom is -0.469 e. The molecule has 0 aliphatic carbocycles. The van der Waals surface area contributed by atoms with Gasteiger partial charge in [0.2, 0.25) is 11.8 Å². The van der Waals surface area contributed by atoms with Gasteiger partial charge in [0.1, 0.15) is 18.1 Å². The van der Waals surface area contributed by atoms with Gasteiger partial charge in [-0.15, -0.1) is 0 Å². The number of imidazole rings is 1. The number of nitrogen functional groups attached to an aromatic ring is 1. The van der Waals surface area contributed by atoms with E-state index in [2.05, 4.69) is 19.9 Å². The van der Waals surface area contributed by atoms with E-state index in [9.17, 15) is 22.0 Å². The van der Waals surface area contributed by atoms with E-state index in [1.54, 1.807) is 18.2 Å². The Balaban J connectivity index is 1.67. The second-order valence-corrected chi connectivity index (χ2v) is 8.29. The van der Waals surface area contributed by atoms with Crippen LogP contribution in [0.1, 0.15) is 30.2 Å². The molecule has 5 aromatic rings. The van der Waals surface area contributed by atoms with E-state index in [1.807, 2.05) is 0 Å². The second-order valence-electron chi connectivity index (χ2n) is 8.29. The standard InChI is InChI=1S/C26H19F5N6O/c1-13-10-15(11-18(33-13)23(28)29)21-22(14-6-8-16(27)9-7-14)35-26(32)36-24(21)38-12-20-34-17-4-2-3-5-19(17)37(20)25(30)31/h2-11,23,25H,12H2,1H3,(H2,32,35,36). The Morgan fingerprint density at radius 2 is 1.63 bits per heavy atom. The number of hydrogen-bond acceptors (Lipinski definition) is 6. The zero-order valence-corrected chi connectivity index (χ0v) is 19.7. The molecular formula is C26H19F5N6O. The third-order valence-corrected chi connectivity index (χ3v) is 5.70. The van der Waals surface area contributed by atoms with Crippen LogP contribution in [-0.2, 0) is 6.61 Å². The van der Waals surface area contributed by atoms with Gasteiger partial charge in [0.05, 0.1) is 22.3 Å². The van der Waals surface area contributed by atoms with Crippen LogP contribution in [0.5, 0.6) is 5.88 Å². The molecule has 7 nitrogen and oxygen atoms in total. The first-order chi connectivity index (χ1) is 18.2. The Hall–Kier alpha value is -4.61. The molecule has 5 rings (SSSR count). The molecule has 12 heteroatoms. The van der Waals surface area contributed by atoms with E-state index < -0.39 is 31.1 Å². The molecule has 38 heavy (non-hydrogen) atoms. The summed E-state index contributed by atoms with van der Waals surface area (Å²) in [5, 5.41) is 0. The van der Waals surface area contributed by atoms with Crippen molar-refractivity contribution in [2.45, 2.75) is 26.5 Å². The lowest BCUT2D eigenvalue weighted by Crippen LogP contribution is -2.10. The summed E-state index contributed by atoms with van der Waals surface area (Å²) in [6, 6.07) is 14.3. The number of alkyl halides is 4. The van der Waals surface area contributed by atoms with Crippen molar-refractivity contribution in [3.63, 3.8) is 0 Å². The maximum Gasteiger partial charge on any atom is 0.320 e. The summed E-state index contributed by atoms with van der Waals surface area (Å²) in [6.45, 7) is -1.81. The minimum absolute atomic E-state index is 0.0909. The van der Waals surface area contributed by atoms with E-state index >= 15 is 0 Å². The van der Waals surface area contributed by atoms with Gasteiger partial charge in [-0.2, -0.15) is 13.8 Å². The van der Waals surface area contributed by atoms with Gasteiger partial charge < -0.3 is 10.5 Å². The fourth-order valence-electron chi connectivity index (χ4n) is 4.14. The summed E-state index contributed by atoms with van der Waals surface area (Å²) in [6.07, 6.45) is -2.87. The smallest absolute Gasteiger partial charge is 0.320 e. The number of ether oxygens (including phenoxy) is 1. The summed E-state index contributed by atoms with van der Waals surface area (Å²) in [4.78, 5) is 16.5. The molecule has 0 saturated carbocycles. The normalized spacial score (nSPS) is 11.6. The number of para-hydroxylation sites is 2. The molecule has 0 fully saturated rings. The predicted molar refractivity (Wildman–Crippen MR) is 130 cm³/mol. The van der Waals surface area contributed by atoms with Gasteiger partial charge in [-0.3, -0.25) is 9.55 Å². The Kier molecular flexibility index (Phi) is 6.62. The molecule has 0 bridgehead atoms. The molecule has 0 spiro atoms. The number of aryl methyl sites for hydroxylation is 1. The maximum atomic E-state index is 13.9. The highest BCUT2D eigenvalue weighted by molar-refractivity contribution is 5.85. The fraction of sp³-hybridized carbons (Fsp3) is 0.154. The molecule has 0 radical (unpaired) electrons. The van der Waals surface area contributed by atoms with Gasteiger partial charge in [0.15, 0.2) is 5.82 Å². The summed E-state index contributed by atoms with van der Waals surface area (Å²) in [7, 11) is 0. The SMILES string of the molecule is Cc1cc(-c2c(OCc3nc4ccccc4n3C(F)F)nc(N)nc2-c2ccc(F)cc2)cc(C(F)F)n1. The number of benzene rings is 2. The Morgan fingerprint density at radius 3 is 2.34 bits per heavy atom. The summed E-state index contributed by atoms with van der Waals surface area (Å²) in [5.74, 6) is -0.980. The van der Waals surface area contributed by atoms with Gasteiger partial charge in [-0.25, -0.2) is 23.1 Å². The lowest BCUT2D eigenvalue weighted by atomic mass is 9.99. The topological polar surface area (TPSA) is 91.7 Å². The number of nitrogens with zero attached hydrogens (tertiary/aromatic N) is 5. The van der Waals surface area contributed by atoms with Crippen molar-refractivity contribution in [1.82, 2.24) is 24.5 Å². The molecule has 3 heterocycles. The number of fused-ring (bicyclic) bond motifs is 1. The van der Waals surface area contributed by atoms with Crippen molar-refractivity contribution in [3.8, 4) is 28.3 Å². The molecule has 0 unspecified atom stereocenters. The Labute approximate surface area is 212 Å². The van der Waals surface area contributed by atoms with Crippen molar-refractivity contribution in [2.75, 3.05) is 5.73 Å². The largest absolute Gasteiger partial charge is 0.469 e. The molecule has 194 valence electrons. The van der Waals surface area contributed by atoms with Crippen LogP contribution in [0.25, 0.3) is 33.4 Å². The van der Waals surface area contributed by atoms with Crippen LogP contribution in [0, 0.1) is 12.7 Å². The van der Waals surface area contributed by atoms with Crippen LogP contribution in [0.2, 0.25) is 0 Å². The first-order valence-corrected chi connectivity index (χ1v) is 11.3. The van der Waals surface area contributed by atoms with Crippen LogP contribution >= 0.6 is 0 Å². The molecule has 0 aliphatic rings. The van der Waals surface area contributed by atoms with E-state index in [1.165, 1.54) is 43.3 Å².